The Morgan fingerprint density at radius 3 is 2.07 bits per heavy atom. The minimum atomic E-state index is -4.00. The highest BCUT2D eigenvalue weighted by Gasteiger charge is 2.13. The first kappa shape index (κ1) is 43.1. The van der Waals surface area contributed by atoms with Crippen LogP contribution in [0.25, 0.3) is 0 Å². The third-order valence-corrected chi connectivity index (χ3v) is 7.52. The van der Waals surface area contributed by atoms with Gasteiger partial charge in [-0.1, -0.05) is 32.6 Å². The fourth-order valence-corrected chi connectivity index (χ4v) is 4.69. The molecule has 14 nitrogen and oxygen atoms in total. The molecule has 1 rings (SSSR count). The highest BCUT2D eigenvalue weighted by Crippen LogP contribution is 2.37. The molecule has 0 heterocycles. The molecule has 0 radical (unpaired) electrons. The van der Waals surface area contributed by atoms with E-state index in [-0.39, 0.29) is 26.4 Å². The second kappa shape index (κ2) is 25.3. The van der Waals surface area contributed by atoms with Crippen molar-refractivity contribution in [3.63, 3.8) is 0 Å². The quantitative estimate of drug-likeness (QED) is 0.0609. The summed E-state index contributed by atoms with van der Waals surface area (Å²) in [6, 6.07) is 3.64. The monoisotopic (exact) mass is 683 g/mol. The van der Waals surface area contributed by atoms with Crippen LogP contribution in [0.1, 0.15) is 81.4 Å². The molecule has 0 aliphatic heterocycles. The minimum Gasteiger partial charge on any atom is -0.756 e. The van der Waals surface area contributed by atoms with Crippen LogP contribution in [-0.2, 0) is 43.6 Å². The van der Waals surface area contributed by atoms with E-state index in [2.05, 4.69) is 14.4 Å². The van der Waals surface area contributed by atoms with Crippen LogP contribution >= 0.6 is 15.4 Å². The lowest BCUT2D eigenvalue weighted by Gasteiger charge is -2.19. The van der Waals surface area contributed by atoms with Crippen LogP contribution in [0.5, 0.6) is 5.75 Å². The summed E-state index contributed by atoms with van der Waals surface area (Å²) >= 11 is 0. The predicted molar refractivity (Wildman–Crippen MR) is 169 cm³/mol. The van der Waals surface area contributed by atoms with E-state index in [1.807, 2.05) is 32.9 Å². The van der Waals surface area contributed by atoms with Gasteiger partial charge in [0.05, 0.1) is 13.2 Å². The number of amides is 1. The van der Waals surface area contributed by atoms with Crippen molar-refractivity contribution in [2.75, 3.05) is 53.3 Å². The summed E-state index contributed by atoms with van der Waals surface area (Å²) in [7, 11) is -6.31. The summed E-state index contributed by atoms with van der Waals surface area (Å²) in [6.07, 6.45) is 7.14. The largest absolute Gasteiger partial charge is 0.756 e. The van der Waals surface area contributed by atoms with Crippen LogP contribution < -0.4 is 20.7 Å². The van der Waals surface area contributed by atoms with Gasteiger partial charge in [0, 0.05) is 26.9 Å². The van der Waals surface area contributed by atoms with Gasteiger partial charge in [-0.15, -0.1) is 0 Å². The number of hydrogen-bond donors (Lipinski definition) is 3. The van der Waals surface area contributed by atoms with Crippen molar-refractivity contribution in [3.05, 3.63) is 28.8 Å². The van der Waals surface area contributed by atoms with Gasteiger partial charge in [-0.25, -0.2) is 9.59 Å². The number of carbonyl (C=O) groups is 2. The fourth-order valence-electron chi connectivity index (χ4n) is 3.76. The molecule has 0 aromatic heterocycles. The summed E-state index contributed by atoms with van der Waals surface area (Å²) in [5.74, 6) is 0.0498. The van der Waals surface area contributed by atoms with Gasteiger partial charge in [0.1, 0.15) is 19.0 Å². The van der Waals surface area contributed by atoms with E-state index in [1.165, 1.54) is 6.66 Å². The number of esters is 1. The van der Waals surface area contributed by atoms with E-state index >= 15 is 0 Å². The molecule has 1 aromatic carbocycles. The van der Waals surface area contributed by atoms with Gasteiger partial charge in [0.2, 0.25) is 0 Å². The average Bonchev–Trinajstić information content (AvgIpc) is 2.97. The zero-order chi connectivity index (χ0) is 34.1. The van der Waals surface area contributed by atoms with E-state index in [9.17, 15) is 23.6 Å². The second-order valence-electron chi connectivity index (χ2n) is 10.3. The van der Waals surface area contributed by atoms with Crippen molar-refractivity contribution in [2.24, 2.45) is 5.73 Å². The van der Waals surface area contributed by atoms with Gasteiger partial charge >= 0.3 is 19.7 Å². The number of benzene rings is 1. The maximum atomic E-state index is 11.9. The van der Waals surface area contributed by atoms with Gasteiger partial charge in [0.15, 0.2) is 0 Å². The molecule has 4 N–H and O–H groups in total. The third kappa shape index (κ3) is 25.0. The number of nitrogens with two attached hydrogens (primary N) is 1. The lowest BCUT2D eigenvalue weighted by atomic mass is 10.1. The lowest BCUT2D eigenvalue weighted by molar-refractivity contribution is -0.223. The maximum Gasteiger partial charge on any atom is 0.407 e. The number of phosphoric ester groups is 1. The van der Waals surface area contributed by atoms with Crippen molar-refractivity contribution in [2.45, 2.75) is 85.2 Å². The zero-order valence-electron chi connectivity index (χ0n) is 27.4. The highest BCUT2D eigenvalue weighted by molar-refractivity contribution is 7.51. The molecular formula is C29H53N2O12P2-. The van der Waals surface area contributed by atoms with E-state index < -0.39 is 27.5 Å². The normalized spacial score (nSPS) is 13.6. The van der Waals surface area contributed by atoms with Gasteiger partial charge in [-0.3, -0.25) is 9.13 Å². The Morgan fingerprint density at radius 2 is 1.51 bits per heavy atom. The molecule has 0 fully saturated rings. The summed E-state index contributed by atoms with van der Waals surface area (Å²) in [5, 5.41) is 2.70. The molecule has 16 heteroatoms. The number of hydrogen-bond acceptors (Lipinski definition) is 12. The Kier molecular flexibility index (Phi) is 24.2. The molecule has 1 aromatic rings. The van der Waals surface area contributed by atoms with Crippen LogP contribution in [-0.4, -0.2) is 70.2 Å². The predicted octanol–water partition coefficient (Wildman–Crippen LogP) is 4.89. The lowest BCUT2D eigenvalue weighted by Crippen LogP contribution is -2.25. The topological polar surface area (TPSA) is 205 Å². The molecular weight excluding hydrogens is 630 g/mol. The summed E-state index contributed by atoms with van der Waals surface area (Å²) in [6.45, 7) is 8.93. The SMILES string of the molecule is CCCOCC(=O)Oc1c(C)cc(COC(=O)NCCCCCCOP(C)(=O)O)cc1C.COP(=O)([O-])OCCCCCCN. The first-order valence-corrected chi connectivity index (χ1v) is 18.7. The number of phosphoric acid groups is 1. The number of carbonyl (C=O) groups excluding carboxylic acids is 2. The average molecular weight is 684 g/mol. The maximum absolute atomic E-state index is 11.9. The van der Waals surface area contributed by atoms with Crippen molar-refractivity contribution < 1.29 is 56.3 Å². The molecule has 45 heavy (non-hydrogen) atoms. The van der Waals surface area contributed by atoms with Crippen LogP contribution in [0.4, 0.5) is 4.79 Å². The van der Waals surface area contributed by atoms with Gasteiger partial charge in [0.25, 0.3) is 7.82 Å². The summed E-state index contributed by atoms with van der Waals surface area (Å²) in [5.41, 5.74) is 7.64. The molecule has 0 saturated heterocycles. The summed E-state index contributed by atoms with van der Waals surface area (Å²) in [4.78, 5) is 43.4. The summed E-state index contributed by atoms with van der Waals surface area (Å²) < 4.78 is 50.9. The van der Waals surface area contributed by atoms with Gasteiger partial charge < -0.3 is 48.6 Å². The van der Waals surface area contributed by atoms with Crippen molar-refractivity contribution in [3.8, 4) is 5.75 Å². The number of alkyl carbamates (subject to hydrolysis) is 1. The fraction of sp³-hybridized carbons (Fsp3) is 0.724. The first-order valence-electron chi connectivity index (χ1n) is 15.2. The molecule has 0 bridgehead atoms. The molecule has 1 amide bonds. The van der Waals surface area contributed by atoms with Crippen LogP contribution in [0, 0.1) is 13.8 Å². The third-order valence-electron chi connectivity index (χ3n) is 5.92. The minimum absolute atomic E-state index is 0.0883. The molecule has 262 valence electrons. The molecule has 0 aliphatic carbocycles. The second-order valence-corrected chi connectivity index (χ2v) is 13.7. The van der Waals surface area contributed by atoms with Gasteiger partial charge in [-0.2, -0.15) is 0 Å². The molecule has 0 spiro atoms. The standard InChI is InChI=1S/C22H36NO8P.C7H18NO4P/c1-5-11-28-16-20(24)31-21-17(2)13-19(14-18(21)3)15-29-22(25)23-10-8-6-7-9-12-30-32(4,26)27;1-11-13(9,10)12-7-5-3-2-4-6-8/h13-14H,5-12,15-16H2,1-4H3,(H,23,25)(H,26,27);2-8H2,1H3,(H,9,10)/p-1. The van der Waals surface area contributed by atoms with E-state index in [0.717, 1.165) is 75.2 Å². The van der Waals surface area contributed by atoms with Crippen molar-refractivity contribution >= 4 is 27.5 Å². The van der Waals surface area contributed by atoms with Crippen LogP contribution in [0.3, 0.4) is 0 Å². The van der Waals surface area contributed by atoms with Gasteiger partial charge in [-0.05, 0) is 81.3 Å². The van der Waals surface area contributed by atoms with E-state index in [4.69, 9.17) is 29.4 Å². The van der Waals surface area contributed by atoms with Crippen LogP contribution in [0.2, 0.25) is 0 Å². The molecule has 2 atom stereocenters. The number of aryl methyl sites for hydroxylation is 2. The Morgan fingerprint density at radius 1 is 0.933 bits per heavy atom. The number of ether oxygens (including phenoxy) is 3. The Hall–Kier alpha value is -1.86. The molecule has 2 unspecified atom stereocenters. The van der Waals surface area contributed by atoms with Crippen LogP contribution in [0.15, 0.2) is 12.1 Å². The number of nitrogens with one attached hydrogen (secondary N) is 1. The first-order chi connectivity index (χ1) is 21.2. The van der Waals surface area contributed by atoms with E-state index in [0.29, 0.717) is 31.9 Å². The Bertz CT molecular complexity index is 1040. The number of rotatable bonds is 23. The number of unbranched alkanes of at least 4 members (excludes halogenated alkanes) is 6. The van der Waals surface area contributed by atoms with Crippen molar-refractivity contribution in [1.29, 1.82) is 0 Å². The molecule has 0 aliphatic rings. The van der Waals surface area contributed by atoms with E-state index in [1.54, 1.807) is 0 Å². The Labute approximate surface area is 267 Å². The Balaban J connectivity index is 0.00000125. The highest BCUT2D eigenvalue weighted by atomic mass is 31.2. The zero-order valence-corrected chi connectivity index (χ0v) is 29.2. The smallest absolute Gasteiger partial charge is 0.407 e. The van der Waals surface area contributed by atoms with Crippen molar-refractivity contribution in [1.82, 2.24) is 5.32 Å². The molecule has 0 saturated carbocycles.